The van der Waals surface area contributed by atoms with Crippen LogP contribution in [0, 0.1) is 3.57 Å². The van der Waals surface area contributed by atoms with E-state index in [0.29, 0.717) is 9.26 Å². The van der Waals surface area contributed by atoms with Crippen LogP contribution in [0.3, 0.4) is 0 Å². The van der Waals surface area contributed by atoms with Gasteiger partial charge in [-0.1, -0.05) is 0 Å². The topological polar surface area (TPSA) is 75.6 Å². The van der Waals surface area contributed by atoms with Crippen LogP contribution in [0.5, 0.6) is 0 Å². The second kappa shape index (κ2) is 5.55. The molecular formula is C12H14INO4. The van der Waals surface area contributed by atoms with E-state index in [9.17, 15) is 9.59 Å². The van der Waals surface area contributed by atoms with E-state index < -0.39 is 17.7 Å². The standard InChI is InChI=1S/C12H14INO4/c1-12(2,3)18-11(17)14-7-4-5-8(10(15)16)9(13)6-7/h4-6H,1-3H3,(H,14,17)(H,15,16). The highest BCUT2D eigenvalue weighted by molar-refractivity contribution is 14.1. The maximum atomic E-state index is 11.5. The van der Waals surface area contributed by atoms with Gasteiger partial charge < -0.3 is 9.84 Å². The summed E-state index contributed by atoms with van der Waals surface area (Å²) in [6.07, 6.45) is -0.568. The number of carboxylic acid groups (broad SMARTS) is 1. The monoisotopic (exact) mass is 363 g/mol. The van der Waals surface area contributed by atoms with Crippen molar-refractivity contribution in [3.63, 3.8) is 0 Å². The molecule has 98 valence electrons. The molecule has 0 aromatic heterocycles. The van der Waals surface area contributed by atoms with Crippen LogP contribution in [0.1, 0.15) is 31.1 Å². The first-order valence-corrected chi connectivity index (χ1v) is 6.30. The Hall–Kier alpha value is -1.31. The molecule has 5 nitrogen and oxygen atoms in total. The zero-order valence-electron chi connectivity index (χ0n) is 10.3. The van der Waals surface area contributed by atoms with Crippen molar-refractivity contribution in [3.05, 3.63) is 27.3 Å². The van der Waals surface area contributed by atoms with Crippen molar-refractivity contribution in [2.75, 3.05) is 5.32 Å². The van der Waals surface area contributed by atoms with E-state index in [2.05, 4.69) is 5.32 Å². The van der Waals surface area contributed by atoms with Gasteiger partial charge in [-0.15, -0.1) is 0 Å². The second-order valence-electron chi connectivity index (χ2n) is 4.63. The third-order valence-electron chi connectivity index (χ3n) is 1.84. The van der Waals surface area contributed by atoms with Crippen molar-refractivity contribution >= 4 is 40.3 Å². The fraction of sp³-hybridized carbons (Fsp3) is 0.333. The molecule has 0 unspecified atom stereocenters. The van der Waals surface area contributed by atoms with Gasteiger partial charge in [-0.3, -0.25) is 5.32 Å². The number of amides is 1. The smallest absolute Gasteiger partial charge is 0.412 e. The highest BCUT2D eigenvalue weighted by atomic mass is 127. The summed E-state index contributed by atoms with van der Waals surface area (Å²) in [6.45, 7) is 5.30. The summed E-state index contributed by atoms with van der Waals surface area (Å²) in [5.74, 6) is -0.997. The van der Waals surface area contributed by atoms with E-state index in [1.807, 2.05) is 22.6 Å². The average molecular weight is 363 g/mol. The molecule has 18 heavy (non-hydrogen) atoms. The lowest BCUT2D eigenvalue weighted by Gasteiger charge is -2.19. The molecule has 0 atom stereocenters. The van der Waals surface area contributed by atoms with E-state index in [1.54, 1.807) is 26.8 Å². The molecule has 1 aromatic rings. The van der Waals surface area contributed by atoms with Crippen molar-refractivity contribution < 1.29 is 19.4 Å². The summed E-state index contributed by atoms with van der Waals surface area (Å²) in [5.41, 5.74) is 0.127. The molecule has 2 N–H and O–H groups in total. The Morgan fingerprint density at radius 2 is 1.94 bits per heavy atom. The van der Waals surface area contributed by atoms with Crippen LogP contribution in [0.4, 0.5) is 10.5 Å². The summed E-state index contributed by atoms with van der Waals surface area (Å²) >= 11 is 1.90. The summed E-state index contributed by atoms with van der Waals surface area (Å²) in [5, 5.41) is 11.4. The fourth-order valence-electron chi connectivity index (χ4n) is 1.19. The first kappa shape index (κ1) is 14.7. The normalized spacial score (nSPS) is 10.9. The van der Waals surface area contributed by atoms with Gasteiger partial charge >= 0.3 is 12.1 Å². The molecule has 0 radical (unpaired) electrons. The average Bonchev–Trinajstić information content (AvgIpc) is 2.13. The van der Waals surface area contributed by atoms with E-state index >= 15 is 0 Å². The van der Waals surface area contributed by atoms with Gasteiger partial charge in [0.15, 0.2) is 0 Å². The highest BCUT2D eigenvalue weighted by Gasteiger charge is 2.16. The Kier molecular flexibility index (Phi) is 4.55. The second-order valence-corrected chi connectivity index (χ2v) is 5.79. The van der Waals surface area contributed by atoms with Crippen LogP contribution in [0.15, 0.2) is 18.2 Å². The number of carbonyl (C=O) groups excluding carboxylic acids is 1. The van der Waals surface area contributed by atoms with E-state index in [4.69, 9.17) is 9.84 Å². The Bertz CT molecular complexity index is 479. The number of nitrogens with one attached hydrogen (secondary N) is 1. The fourth-order valence-corrected chi connectivity index (χ4v) is 1.93. The molecule has 1 amide bonds. The summed E-state index contributed by atoms with van der Waals surface area (Å²) < 4.78 is 5.64. The third kappa shape index (κ3) is 4.52. The van der Waals surface area contributed by atoms with Gasteiger partial charge in [0.05, 0.1) is 5.56 Å². The van der Waals surface area contributed by atoms with Gasteiger partial charge in [-0.25, -0.2) is 9.59 Å². The van der Waals surface area contributed by atoms with E-state index in [0.717, 1.165) is 0 Å². The van der Waals surface area contributed by atoms with Crippen LogP contribution in [0.25, 0.3) is 0 Å². The maximum Gasteiger partial charge on any atom is 0.412 e. The lowest BCUT2D eigenvalue weighted by atomic mass is 10.2. The number of benzene rings is 1. The molecule has 0 aliphatic heterocycles. The van der Waals surface area contributed by atoms with Gasteiger partial charge in [-0.2, -0.15) is 0 Å². The molecule has 0 spiro atoms. The maximum absolute atomic E-state index is 11.5. The summed E-state index contributed by atoms with van der Waals surface area (Å²) in [4.78, 5) is 22.3. The molecule has 6 heteroatoms. The van der Waals surface area contributed by atoms with Crippen LogP contribution in [-0.2, 0) is 4.74 Å². The number of hydrogen-bond acceptors (Lipinski definition) is 3. The first-order chi connectivity index (χ1) is 8.19. The molecular weight excluding hydrogens is 349 g/mol. The number of rotatable bonds is 2. The molecule has 1 rings (SSSR count). The number of carbonyl (C=O) groups is 2. The molecule has 1 aromatic carbocycles. The van der Waals surface area contributed by atoms with Gasteiger partial charge in [0.2, 0.25) is 0 Å². The molecule has 0 heterocycles. The largest absolute Gasteiger partial charge is 0.478 e. The Labute approximate surface area is 119 Å². The van der Waals surface area contributed by atoms with E-state index in [1.165, 1.54) is 12.1 Å². The van der Waals surface area contributed by atoms with Gasteiger partial charge in [0, 0.05) is 9.26 Å². The number of carboxylic acids is 1. The SMILES string of the molecule is CC(C)(C)OC(=O)Nc1ccc(C(=O)O)c(I)c1. The molecule has 0 aliphatic carbocycles. The van der Waals surface area contributed by atoms with E-state index in [-0.39, 0.29) is 5.56 Å². The zero-order chi connectivity index (χ0) is 13.9. The first-order valence-electron chi connectivity index (χ1n) is 5.22. The summed E-state index contributed by atoms with van der Waals surface area (Å²) in [6, 6.07) is 4.54. The van der Waals surface area contributed by atoms with Crippen LogP contribution in [0.2, 0.25) is 0 Å². The predicted molar refractivity (Wildman–Crippen MR) is 76.0 cm³/mol. The van der Waals surface area contributed by atoms with Gasteiger partial charge in [-0.05, 0) is 61.6 Å². The molecule has 0 saturated carbocycles. The zero-order valence-corrected chi connectivity index (χ0v) is 12.4. The molecule has 0 aliphatic rings. The Balaban J connectivity index is 2.78. The lowest BCUT2D eigenvalue weighted by molar-refractivity contribution is 0.0634. The number of hydrogen-bond donors (Lipinski definition) is 2. The minimum absolute atomic E-state index is 0.199. The molecule has 0 bridgehead atoms. The predicted octanol–water partition coefficient (Wildman–Crippen LogP) is 3.34. The number of aromatic carboxylic acids is 1. The summed E-state index contributed by atoms with van der Waals surface area (Å²) in [7, 11) is 0. The van der Waals surface area contributed by atoms with Crippen LogP contribution in [-0.4, -0.2) is 22.8 Å². The lowest BCUT2D eigenvalue weighted by Crippen LogP contribution is -2.27. The number of anilines is 1. The Morgan fingerprint density at radius 1 is 1.33 bits per heavy atom. The van der Waals surface area contributed by atoms with Crippen LogP contribution >= 0.6 is 22.6 Å². The minimum Gasteiger partial charge on any atom is -0.478 e. The Morgan fingerprint density at radius 3 is 2.39 bits per heavy atom. The van der Waals surface area contributed by atoms with Crippen molar-refractivity contribution in [2.45, 2.75) is 26.4 Å². The quantitative estimate of drug-likeness (QED) is 0.791. The number of ether oxygens (including phenoxy) is 1. The molecule has 0 saturated heterocycles. The third-order valence-corrected chi connectivity index (χ3v) is 2.74. The van der Waals surface area contributed by atoms with Gasteiger partial charge in [0.25, 0.3) is 0 Å². The van der Waals surface area contributed by atoms with Crippen LogP contribution < -0.4 is 5.32 Å². The minimum atomic E-state index is -0.997. The van der Waals surface area contributed by atoms with Gasteiger partial charge in [0.1, 0.15) is 5.60 Å². The highest BCUT2D eigenvalue weighted by Crippen LogP contribution is 2.19. The van der Waals surface area contributed by atoms with Crippen molar-refractivity contribution in [1.29, 1.82) is 0 Å². The van der Waals surface area contributed by atoms with Crippen molar-refractivity contribution in [1.82, 2.24) is 0 Å². The van der Waals surface area contributed by atoms with Crippen molar-refractivity contribution in [3.8, 4) is 0 Å². The van der Waals surface area contributed by atoms with Crippen molar-refractivity contribution in [2.24, 2.45) is 0 Å². The molecule has 0 fully saturated rings. The number of halogens is 1.